The average molecular weight is 419 g/mol. The van der Waals surface area contributed by atoms with Gasteiger partial charge in [-0.3, -0.25) is 4.79 Å². The zero-order valence-corrected chi connectivity index (χ0v) is 16.4. The molecule has 144 valence electrons. The lowest BCUT2D eigenvalue weighted by Crippen LogP contribution is -2.15. The first kappa shape index (κ1) is 20.0. The first-order valence-electron chi connectivity index (χ1n) is 8.47. The van der Waals surface area contributed by atoms with E-state index in [4.69, 9.17) is 16.3 Å². The van der Waals surface area contributed by atoms with Crippen LogP contribution in [0.4, 0.5) is 9.39 Å². The van der Waals surface area contributed by atoms with Crippen LogP contribution in [0.5, 0.6) is 0 Å². The van der Waals surface area contributed by atoms with E-state index in [1.165, 1.54) is 35.7 Å². The molecule has 1 amide bonds. The third kappa shape index (κ3) is 4.37. The normalized spacial score (nSPS) is 10.5. The number of nitrogens with zero attached hydrogens (tertiary/aromatic N) is 1. The largest absolute Gasteiger partial charge is 0.462 e. The lowest BCUT2D eigenvalue weighted by atomic mass is 10.0. The molecule has 0 unspecified atom stereocenters. The molecule has 3 aromatic rings. The van der Waals surface area contributed by atoms with Gasteiger partial charge < -0.3 is 10.1 Å². The van der Waals surface area contributed by atoms with Crippen molar-refractivity contribution in [1.82, 2.24) is 4.98 Å². The summed E-state index contributed by atoms with van der Waals surface area (Å²) < 4.78 is 18.5. The summed E-state index contributed by atoms with van der Waals surface area (Å²) in [6.45, 7) is 2.13. The Morgan fingerprint density at radius 2 is 2.00 bits per heavy atom. The summed E-state index contributed by atoms with van der Waals surface area (Å²) in [6, 6.07) is 8.88. The van der Waals surface area contributed by atoms with Gasteiger partial charge in [0.05, 0.1) is 12.2 Å². The van der Waals surface area contributed by atoms with Crippen molar-refractivity contribution in [2.45, 2.75) is 13.3 Å². The van der Waals surface area contributed by atoms with E-state index < -0.39 is 11.9 Å². The molecular weight excluding hydrogens is 403 g/mol. The quantitative estimate of drug-likeness (QED) is 0.428. The van der Waals surface area contributed by atoms with E-state index in [2.05, 4.69) is 10.3 Å². The standard InChI is InChI=1S/C20H16ClFN2O3S/c1-2-10-27-20(26)16-15(12-5-7-13(22)8-6-12)11-28-19(16)24-18(25)14-4-3-9-23-17(14)21/h3-9,11H,2,10H2,1H3,(H,24,25). The van der Waals surface area contributed by atoms with Gasteiger partial charge in [-0.25, -0.2) is 14.2 Å². The number of benzene rings is 1. The van der Waals surface area contributed by atoms with Gasteiger partial charge in [0.25, 0.3) is 5.91 Å². The summed E-state index contributed by atoms with van der Waals surface area (Å²) in [6.07, 6.45) is 2.14. The average Bonchev–Trinajstić information content (AvgIpc) is 3.10. The van der Waals surface area contributed by atoms with Gasteiger partial charge in [-0.2, -0.15) is 0 Å². The Bertz CT molecular complexity index is 1000. The minimum atomic E-state index is -0.560. The Balaban J connectivity index is 1.98. The lowest BCUT2D eigenvalue weighted by molar-refractivity contribution is 0.0508. The molecule has 0 aliphatic carbocycles. The van der Waals surface area contributed by atoms with Crippen molar-refractivity contribution in [3.8, 4) is 11.1 Å². The molecule has 0 radical (unpaired) electrons. The number of anilines is 1. The van der Waals surface area contributed by atoms with E-state index in [0.717, 1.165) is 0 Å². The van der Waals surface area contributed by atoms with E-state index in [-0.39, 0.29) is 28.7 Å². The van der Waals surface area contributed by atoms with Gasteiger partial charge in [0, 0.05) is 17.1 Å². The van der Waals surface area contributed by atoms with Crippen LogP contribution in [0.1, 0.15) is 34.1 Å². The maximum Gasteiger partial charge on any atom is 0.341 e. The SMILES string of the molecule is CCCOC(=O)c1c(-c2ccc(F)cc2)csc1NC(=O)c1cccnc1Cl. The Labute approximate surface area is 170 Å². The molecule has 1 aromatic carbocycles. The zero-order chi connectivity index (χ0) is 20.1. The second-order valence-corrected chi connectivity index (χ2v) is 7.03. The molecule has 2 heterocycles. The fraction of sp³-hybridized carbons (Fsp3) is 0.150. The second kappa shape index (κ2) is 8.95. The predicted octanol–water partition coefficient (Wildman–Crippen LogP) is 5.42. The van der Waals surface area contributed by atoms with Crippen LogP contribution in [-0.4, -0.2) is 23.5 Å². The number of aromatic nitrogens is 1. The van der Waals surface area contributed by atoms with E-state index >= 15 is 0 Å². The number of pyridine rings is 1. The molecule has 1 N–H and O–H groups in total. The number of halogens is 2. The number of amides is 1. The Morgan fingerprint density at radius 3 is 2.68 bits per heavy atom. The Kier molecular flexibility index (Phi) is 6.38. The molecule has 0 saturated carbocycles. The van der Waals surface area contributed by atoms with Gasteiger partial charge >= 0.3 is 5.97 Å². The molecule has 3 rings (SSSR count). The number of ether oxygens (including phenoxy) is 1. The monoisotopic (exact) mass is 418 g/mol. The highest BCUT2D eigenvalue weighted by molar-refractivity contribution is 7.15. The molecule has 8 heteroatoms. The topological polar surface area (TPSA) is 68.3 Å². The van der Waals surface area contributed by atoms with E-state index in [1.54, 1.807) is 23.6 Å². The molecule has 0 spiro atoms. The van der Waals surface area contributed by atoms with Gasteiger partial charge in [-0.05, 0) is 36.2 Å². The zero-order valence-electron chi connectivity index (χ0n) is 14.9. The number of rotatable bonds is 6. The maximum atomic E-state index is 13.3. The van der Waals surface area contributed by atoms with Crippen molar-refractivity contribution in [3.63, 3.8) is 0 Å². The van der Waals surface area contributed by atoms with Gasteiger partial charge in [-0.15, -0.1) is 11.3 Å². The number of carbonyl (C=O) groups excluding carboxylic acids is 2. The molecule has 0 bridgehead atoms. The number of esters is 1. The van der Waals surface area contributed by atoms with Crippen molar-refractivity contribution < 1.29 is 18.7 Å². The molecule has 28 heavy (non-hydrogen) atoms. The van der Waals surface area contributed by atoms with Crippen molar-refractivity contribution in [3.05, 3.63) is 70.1 Å². The van der Waals surface area contributed by atoms with Crippen LogP contribution >= 0.6 is 22.9 Å². The van der Waals surface area contributed by atoms with Crippen molar-refractivity contribution >= 4 is 39.8 Å². The Morgan fingerprint density at radius 1 is 1.25 bits per heavy atom. The molecule has 0 aliphatic heterocycles. The van der Waals surface area contributed by atoms with Crippen LogP contribution in [0, 0.1) is 5.82 Å². The summed E-state index contributed by atoms with van der Waals surface area (Å²) in [5, 5.41) is 4.81. The van der Waals surface area contributed by atoms with Crippen molar-refractivity contribution in [2.24, 2.45) is 0 Å². The molecular formula is C20H16ClFN2O3S. The molecule has 5 nitrogen and oxygen atoms in total. The Hall–Kier alpha value is -2.77. The van der Waals surface area contributed by atoms with Crippen LogP contribution in [-0.2, 0) is 4.74 Å². The maximum absolute atomic E-state index is 13.3. The van der Waals surface area contributed by atoms with Gasteiger partial charge in [0.1, 0.15) is 21.5 Å². The highest BCUT2D eigenvalue weighted by atomic mass is 35.5. The van der Waals surface area contributed by atoms with Gasteiger partial charge in [0.2, 0.25) is 0 Å². The molecule has 0 saturated heterocycles. The van der Waals surface area contributed by atoms with E-state index in [0.29, 0.717) is 22.5 Å². The first-order chi connectivity index (χ1) is 13.5. The van der Waals surface area contributed by atoms with Crippen molar-refractivity contribution in [1.29, 1.82) is 0 Å². The summed E-state index contributed by atoms with van der Waals surface area (Å²) in [4.78, 5) is 29.1. The smallest absolute Gasteiger partial charge is 0.341 e. The number of thiophene rings is 1. The van der Waals surface area contributed by atoms with Crippen LogP contribution in [0.2, 0.25) is 5.15 Å². The lowest BCUT2D eigenvalue weighted by Gasteiger charge is -2.10. The van der Waals surface area contributed by atoms with Crippen LogP contribution < -0.4 is 5.32 Å². The number of hydrogen-bond donors (Lipinski definition) is 1. The highest BCUT2D eigenvalue weighted by Crippen LogP contribution is 2.36. The summed E-state index contributed by atoms with van der Waals surface area (Å²) in [5.74, 6) is -1.43. The summed E-state index contributed by atoms with van der Waals surface area (Å²) in [7, 11) is 0. The third-order valence-corrected chi connectivity index (χ3v) is 5.02. The van der Waals surface area contributed by atoms with Crippen LogP contribution in [0.15, 0.2) is 48.0 Å². The van der Waals surface area contributed by atoms with Crippen molar-refractivity contribution in [2.75, 3.05) is 11.9 Å². The fourth-order valence-corrected chi connectivity index (χ4v) is 3.64. The first-order valence-corrected chi connectivity index (χ1v) is 9.73. The molecule has 0 atom stereocenters. The number of carbonyl (C=O) groups is 2. The molecule has 2 aromatic heterocycles. The summed E-state index contributed by atoms with van der Waals surface area (Å²) in [5.41, 5.74) is 1.60. The fourth-order valence-electron chi connectivity index (χ4n) is 2.49. The minimum absolute atomic E-state index is 0.0606. The molecule has 0 fully saturated rings. The summed E-state index contributed by atoms with van der Waals surface area (Å²) >= 11 is 7.15. The second-order valence-electron chi connectivity index (χ2n) is 5.79. The van der Waals surface area contributed by atoms with E-state index in [1.807, 2.05) is 6.92 Å². The minimum Gasteiger partial charge on any atom is -0.462 e. The van der Waals surface area contributed by atoms with Crippen LogP contribution in [0.25, 0.3) is 11.1 Å². The number of hydrogen-bond acceptors (Lipinski definition) is 5. The third-order valence-electron chi connectivity index (χ3n) is 3.82. The predicted molar refractivity (Wildman–Crippen MR) is 107 cm³/mol. The van der Waals surface area contributed by atoms with Gasteiger partial charge in [0.15, 0.2) is 0 Å². The van der Waals surface area contributed by atoms with Crippen LogP contribution in [0.3, 0.4) is 0 Å². The van der Waals surface area contributed by atoms with E-state index in [9.17, 15) is 14.0 Å². The van der Waals surface area contributed by atoms with Gasteiger partial charge in [-0.1, -0.05) is 30.7 Å². The highest BCUT2D eigenvalue weighted by Gasteiger charge is 2.24. The molecule has 0 aliphatic rings. The number of nitrogens with one attached hydrogen (secondary N) is 1.